The van der Waals surface area contributed by atoms with Gasteiger partial charge in [0, 0.05) is 18.7 Å². The van der Waals surface area contributed by atoms with Crippen LogP contribution in [0.15, 0.2) is 30.6 Å². The van der Waals surface area contributed by atoms with Gasteiger partial charge < -0.3 is 20.1 Å². The molecular weight excluding hydrogens is 292 g/mol. The van der Waals surface area contributed by atoms with Crippen molar-refractivity contribution in [2.45, 2.75) is 26.2 Å². The fourth-order valence-electron chi connectivity index (χ4n) is 2.15. The van der Waals surface area contributed by atoms with Crippen molar-refractivity contribution in [3.05, 3.63) is 30.6 Å². The van der Waals surface area contributed by atoms with E-state index in [9.17, 15) is 0 Å². The average molecular weight is 316 g/mol. The van der Waals surface area contributed by atoms with Gasteiger partial charge in [-0.1, -0.05) is 19.8 Å². The number of nitrogens with one attached hydrogen (secondary N) is 2. The molecule has 1 aromatic carbocycles. The van der Waals surface area contributed by atoms with Crippen LogP contribution in [0, 0.1) is 0 Å². The Morgan fingerprint density at radius 1 is 1.00 bits per heavy atom. The first kappa shape index (κ1) is 16.9. The largest absolute Gasteiger partial charge is 0.497 e. The number of hydrogen-bond acceptors (Lipinski definition) is 6. The first-order valence-corrected chi connectivity index (χ1v) is 7.81. The molecule has 2 rings (SSSR count). The van der Waals surface area contributed by atoms with Gasteiger partial charge >= 0.3 is 0 Å². The second kappa shape index (κ2) is 8.82. The predicted molar refractivity (Wildman–Crippen MR) is 92.9 cm³/mol. The van der Waals surface area contributed by atoms with Crippen molar-refractivity contribution < 1.29 is 9.47 Å². The highest BCUT2D eigenvalue weighted by Crippen LogP contribution is 2.31. The molecule has 0 aliphatic heterocycles. The molecule has 1 heterocycles. The summed E-state index contributed by atoms with van der Waals surface area (Å²) >= 11 is 0. The Balaban J connectivity index is 2.05. The minimum Gasteiger partial charge on any atom is -0.497 e. The molecule has 0 unspecified atom stereocenters. The van der Waals surface area contributed by atoms with Crippen LogP contribution < -0.4 is 20.1 Å². The molecule has 2 aromatic rings. The molecule has 0 atom stereocenters. The number of aromatic nitrogens is 2. The first-order chi connectivity index (χ1) is 11.3. The SMILES string of the molecule is CCCCCNc1cc(Nc2ccc(OC)cc2OC)ncn1. The summed E-state index contributed by atoms with van der Waals surface area (Å²) in [5, 5.41) is 6.56. The van der Waals surface area contributed by atoms with Crippen LogP contribution in [0.3, 0.4) is 0 Å². The second-order valence-electron chi connectivity index (χ2n) is 5.11. The Morgan fingerprint density at radius 3 is 2.57 bits per heavy atom. The molecule has 0 saturated carbocycles. The van der Waals surface area contributed by atoms with E-state index in [-0.39, 0.29) is 0 Å². The zero-order chi connectivity index (χ0) is 16.5. The van der Waals surface area contributed by atoms with Crippen molar-refractivity contribution in [3.63, 3.8) is 0 Å². The quantitative estimate of drug-likeness (QED) is 0.685. The molecule has 0 amide bonds. The fourth-order valence-corrected chi connectivity index (χ4v) is 2.15. The van der Waals surface area contributed by atoms with Crippen LogP contribution in [0.25, 0.3) is 0 Å². The van der Waals surface area contributed by atoms with E-state index in [4.69, 9.17) is 9.47 Å². The van der Waals surface area contributed by atoms with E-state index in [1.54, 1.807) is 20.5 Å². The molecule has 0 spiro atoms. The Morgan fingerprint density at radius 2 is 1.83 bits per heavy atom. The van der Waals surface area contributed by atoms with E-state index in [2.05, 4.69) is 27.5 Å². The topological polar surface area (TPSA) is 68.3 Å². The number of nitrogens with zero attached hydrogens (tertiary/aromatic N) is 2. The van der Waals surface area contributed by atoms with Crippen LogP contribution in [0.1, 0.15) is 26.2 Å². The van der Waals surface area contributed by atoms with E-state index in [0.717, 1.165) is 30.2 Å². The molecule has 0 aliphatic carbocycles. The highest BCUT2D eigenvalue weighted by molar-refractivity contribution is 5.66. The summed E-state index contributed by atoms with van der Waals surface area (Å²) < 4.78 is 10.6. The summed E-state index contributed by atoms with van der Waals surface area (Å²) in [4.78, 5) is 8.48. The molecule has 0 radical (unpaired) electrons. The maximum atomic E-state index is 5.38. The third-order valence-electron chi connectivity index (χ3n) is 3.42. The number of unbranched alkanes of at least 4 members (excludes halogenated alkanes) is 2. The molecule has 0 fully saturated rings. The number of ether oxygens (including phenoxy) is 2. The van der Waals surface area contributed by atoms with Gasteiger partial charge in [0.05, 0.1) is 19.9 Å². The number of hydrogen-bond donors (Lipinski definition) is 2. The molecule has 6 heteroatoms. The Labute approximate surface area is 137 Å². The molecule has 0 saturated heterocycles. The van der Waals surface area contributed by atoms with Gasteiger partial charge in [-0.15, -0.1) is 0 Å². The molecule has 2 N–H and O–H groups in total. The number of methoxy groups -OCH3 is 2. The lowest BCUT2D eigenvalue weighted by Gasteiger charge is -2.12. The van der Waals surface area contributed by atoms with Crippen molar-refractivity contribution in [2.75, 3.05) is 31.4 Å². The van der Waals surface area contributed by atoms with Gasteiger partial charge in [0.1, 0.15) is 29.5 Å². The molecule has 6 nitrogen and oxygen atoms in total. The first-order valence-electron chi connectivity index (χ1n) is 7.81. The normalized spacial score (nSPS) is 10.2. The summed E-state index contributed by atoms with van der Waals surface area (Å²) in [6.07, 6.45) is 5.10. The molecule has 124 valence electrons. The van der Waals surface area contributed by atoms with Crippen LogP contribution in [0.5, 0.6) is 11.5 Å². The van der Waals surface area contributed by atoms with Crippen molar-refractivity contribution in [1.82, 2.24) is 9.97 Å². The summed E-state index contributed by atoms with van der Waals surface area (Å²) in [6, 6.07) is 7.48. The van der Waals surface area contributed by atoms with Crippen molar-refractivity contribution >= 4 is 17.3 Å². The number of anilines is 3. The summed E-state index contributed by atoms with van der Waals surface area (Å²) in [7, 11) is 3.25. The molecular formula is C17H24N4O2. The lowest BCUT2D eigenvalue weighted by atomic mass is 10.2. The predicted octanol–water partition coefficient (Wildman–Crippen LogP) is 3.84. The van der Waals surface area contributed by atoms with E-state index >= 15 is 0 Å². The van der Waals surface area contributed by atoms with E-state index in [1.807, 2.05) is 24.3 Å². The van der Waals surface area contributed by atoms with Crippen LogP contribution in [-0.4, -0.2) is 30.7 Å². The second-order valence-corrected chi connectivity index (χ2v) is 5.11. The summed E-state index contributed by atoms with van der Waals surface area (Å²) in [5.74, 6) is 2.96. The minimum atomic E-state index is 0.695. The zero-order valence-electron chi connectivity index (χ0n) is 13.9. The van der Waals surface area contributed by atoms with Gasteiger partial charge in [0.15, 0.2) is 0 Å². The average Bonchev–Trinajstić information content (AvgIpc) is 2.59. The fraction of sp³-hybridized carbons (Fsp3) is 0.412. The van der Waals surface area contributed by atoms with Crippen LogP contribution in [-0.2, 0) is 0 Å². The van der Waals surface area contributed by atoms with Gasteiger partial charge in [-0.25, -0.2) is 9.97 Å². The van der Waals surface area contributed by atoms with E-state index in [0.29, 0.717) is 11.6 Å². The third-order valence-corrected chi connectivity index (χ3v) is 3.42. The zero-order valence-corrected chi connectivity index (χ0v) is 13.9. The highest BCUT2D eigenvalue weighted by atomic mass is 16.5. The number of benzene rings is 1. The standard InChI is InChI=1S/C17H24N4O2/c1-4-5-6-9-18-16-11-17(20-12-19-16)21-14-8-7-13(22-2)10-15(14)23-3/h7-8,10-12H,4-6,9H2,1-3H3,(H2,18,19,20,21). The van der Waals surface area contributed by atoms with Gasteiger partial charge in [0.25, 0.3) is 0 Å². The van der Waals surface area contributed by atoms with Crippen LogP contribution in [0.4, 0.5) is 17.3 Å². The monoisotopic (exact) mass is 316 g/mol. The van der Waals surface area contributed by atoms with Crippen molar-refractivity contribution in [1.29, 1.82) is 0 Å². The lowest BCUT2D eigenvalue weighted by Crippen LogP contribution is -2.05. The Kier molecular flexibility index (Phi) is 6.47. The molecule has 0 bridgehead atoms. The lowest BCUT2D eigenvalue weighted by molar-refractivity contribution is 0.395. The molecule has 0 aliphatic rings. The van der Waals surface area contributed by atoms with Gasteiger partial charge in [-0.3, -0.25) is 0 Å². The van der Waals surface area contributed by atoms with Crippen molar-refractivity contribution in [2.24, 2.45) is 0 Å². The summed E-state index contributed by atoms with van der Waals surface area (Å²) in [6.45, 7) is 3.10. The molecule has 1 aromatic heterocycles. The Bertz CT molecular complexity index is 619. The van der Waals surface area contributed by atoms with Crippen LogP contribution >= 0.6 is 0 Å². The highest BCUT2D eigenvalue weighted by Gasteiger charge is 2.06. The Hall–Kier alpha value is -2.50. The van der Waals surface area contributed by atoms with Gasteiger partial charge in [-0.05, 0) is 18.6 Å². The maximum Gasteiger partial charge on any atom is 0.146 e. The van der Waals surface area contributed by atoms with Gasteiger partial charge in [-0.2, -0.15) is 0 Å². The summed E-state index contributed by atoms with van der Waals surface area (Å²) in [5.41, 5.74) is 0.823. The third kappa shape index (κ3) is 5.02. The minimum absolute atomic E-state index is 0.695. The smallest absolute Gasteiger partial charge is 0.146 e. The maximum absolute atomic E-state index is 5.38. The van der Waals surface area contributed by atoms with E-state index in [1.165, 1.54) is 12.8 Å². The van der Waals surface area contributed by atoms with Gasteiger partial charge in [0.2, 0.25) is 0 Å². The molecule has 23 heavy (non-hydrogen) atoms. The van der Waals surface area contributed by atoms with Crippen molar-refractivity contribution in [3.8, 4) is 11.5 Å². The van der Waals surface area contributed by atoms with Crippen LogP contribution in [0.2, 0.25) is 0 Å². The number of rotatable bonds is 9. The van der Waals surface area contributed by atoms with E-state index < -0.39 is 0 Å².